The van der Waals surface area contributed by atoms with Gasteiger partial charge < -0.3 is 11.5 Å². The third-order valence-electron chi connectivity index (χ3n) is 4.29. The Labute approximate surface area is 180 Å². The van der Waals surface area contributed by atoms with Crippen molar-refractivity contribution in [3.63, 3.8) is 0 Å². The van der Waals surface area contributed by atoms with Gasteiger partial charge in [-0.05, 0) is 70.1 Å². The number of anilines is 2. The average molecular weight is 439 g/mol. The van der Waals surface area contributed by atoms with E-state index in [0.29, 0.717) is 34.2 Å². The molecule has 0 fully saturated rings. The summed E-state index contributed by atoms with van der Waals surface area (Å²) in [6.45, 7) is 0. The number of pyridine rings is 2. The predicted octanol–water partition coefficient (Wildman–Crippen LogP) is 6.05. The van der Waals surface area contributed by atoms with Crippen molar-refractivity contribution < 1.29 is 8.78 Å². The standard InChI is InChI=1S/C22H16F2N4S2/c23-15-7-3-1-5-13(15)17-9-11-19(21(25)27-17)29-30-20-12-10-18(28-22(20)26)14-6-2-4-8-16(14)24/h1-12H,(H2,25,27)(H2,26,28). The molecule has 8 heteroatoms. The minimum Gasteiger partial charge on any atom is -0.383 e. The second kappa shape index (κ2) is 8.73. The Hall–Kier alpha value is -3.10. The topological polar surface area (TPSA) is 77.8 Å². The molecule has 0 aliphatic carbocycles. The highest BCUT2D eigenvalue weighted by atomic mass is 33.1. The van der Waals surface area contributed by atoms with Crippen LogP contribution in [-0.2, 0) is 0 Å². The SMILES string of the molecule is Nc1nc(-c2ccccc2F)ccc1SSc1ccc(-c2ccccc2F)nc1N. The number of halogens is 2. The lowest BCUT2D eigenvalue weighted by Crippen LogP contribution is -1.97. The summed E-state index contributed by atoms with van der Waals surface area (Å²) in [4.78, 5) is 10.1. The van der Waals surface area contributed by atoms with Crippen molar-refractivity contribution in [1.29, 1.82) is 0 Å². The van der Waals surface area contributed by atoms with Crippen molar-refractivity contribution in [2.24, 2.45) is 0 Å². The first-order chi connectivity index (χ1) is 14.5. The van der Waals surface area contributed by atoms with Crippen molar-refractivity contribution >= 4 is 33.2 Å². The number of hydrogen-bond donors (Lipinski definition) is 2. The van der Waals surface area contributed by atoms with Crippen LogP contribution in [-0.4, -0.2) is 9.97 Å². The fourth-order valence-corrected chi connectivity index (χ4v) is 4.87. The van der Waals surface area contributed by atoms with Gasteiger partial charge in [0.15, 0.2) is 0 Å². The monoisotopic (exact) mass is 438 g/mol. The maximum absolute atomic E-state index is 14.0. The van der Waals surface area contributed by atoms with Crippen LogP contribution in [0.25, 0.3) is 22.5 Å². The number of rotatable bonds is 5. The van der Waals surface area contributed by atoms with Gasteiger partial charge in [-0.3, -0.25) is 0 Å². The third kappa shape index (κ3) is 4.24. The van der Waals surface area contributed by atoms with Crippen molar-refractivity contribution in [2.45, 2.75) is 9.79 Å². The van der Waals surface area contributed by atoms with Crippen LogP contribution >= 0.6 is 21.6 Å². The second-order valence-corrected chi connectivity index (χ2v) is 8.50. The highest BCUT2D eigenvalue weighted by molar-refractivity contribution is 8.76. The molecule has 0 aliphatic rings. The van der Waals surface area contributed by atoms with E-state index < -0.39 is 0 Å². The summed E-state index contributed by atoms with van der Waals surface area (Å²) >= 11 is 0. The van der Waals surface area contributed by atoms with Gasteiger partial charge in [-0.25, -0.2) is 18.7 Å². The van der Waals surface area contributed by atoms with Gasteiger partial charge in [-0.15, -0.1) is 0 Å². The molecule has 4 nitrogen and oxygen atoms in total. The Balaban J connectivity index is 1.51. The zero-order valence-electron chi connectivity index (χ0n) is 15.5. The average Bonchev–Trinajstić information content (AvgIpc) is 2.74. The fraction of sp³-hybridized carbons (Fsp3) is 0. The van der Waals surface area contributed by atoms with E-state index >= 15 is 0 Å². The Morgan fingerprint density at radius 3 is 1.33 bits per heavy atom. The van der Waals surface area contributed by atoms with Crippen LogP contribution in [0, 0.1) is 11.6 Å². The van der Waals surface area contributed by atoms with E-state index in [9.17, 15) is 8.78 Å². The summed E-state index contributed by atoms with van der Waals surface area (Å²) in [6.07, 6.45) is 0. The summed E-state index contributed by atoms with van der Waals surface area (Å²) in [6, 6.07) is 19.8. The van der Waals surface area contributed by atoms with Gasteiger partial charge in [0.1, 0.15) is 23.3 Å². The summed E-state index contributed by atoms with van der Waals surface area (Å²) in [7, 11) is 2.74. The minimum absolute atomic E-state index is 0.294. The summed E-state index contributed by atoms with van der Waals surface area (Å²) in [5.74, 6) is -0.119. The minimum atomic E-state index is -0.354. The highest BCUT2D eigenvalue weighted by Crippen LogP contribution is 2.42. The molecule has 0 amide bonds. The Bertz CT molecular complexity index is 1120. The molecular weight excluding hydrogens is 422 g/mol. The van der Waals surface area contributed by atoms with Crippen LogP contribution in [0.15, 0.2) is 82.6 Å². The lowest BCUT2D eigenvalue weighted by Gasteiger charge is -2.09. The molecule has 0 atom stereocenters. The molecule has 4 N–H and O–H groups in total. The van der Waals surface area contributed by atoms with Crippen LogP contribution in [0.5, 0.6) is 0 Å². The number of nitrogens with zero attached hydrogens (tertiary/aromatic N) is 2. The number of nitrogen functional groups attached to an aromatic ring is 2. The van der Waals surface area contributed by atoms with Crippen molar-refractivity contribution in [3.8, 4) is 22.5 Å². The molecule has 2 aromatic carbocycles. The maximum atomic E-state index is 14.0. The molecule has 150 valence electrons. The van der Waals surface area contributed by atoms with E-state index in [1.54, 1.807) is 60.7 Å². The van der Waals surface area contributed by atoms with Crippen LogP contribution < -0.4 is 11.5 Å². The zero-order valence-corrected chi connectivity index (χ0v) is 17.2. The van der Waals surface area contributed by atoms with Gasteiger partial charge >= 0.3 is 0 Å². The van der Waals surface area contributed by atoms with E-state index in [4.69, 9.17) is 11.5 Å². The van der Waals surface area contributed by atoms with Crippen LogP contribution in [0.4, 0.5) is 20.4 Å². The maximum Gasteiger partial charge on any atom is 0.138 e. The van der Waals surface area contributed by atoms with Gasteiger partial charge in [0.25, 0.3) is 0 Å². The summed E-state index contributed by atoms with van der Waals surface area (Å²) in [5, 5.41) is 0. The molecular formula is C22H16F2N4S2. The lowest BCUT2D eigenvalue weighted by molar-refractivity contribution is 0.630. The number of benzene rings is 2. The van der Waals surface area contributed by atoms with Crippen LogP contribution in [0.3, 0.4) is 0 Å². The van der Waals surface area contributed by atoms with Gasteiger partial charge in [-0.1, -0.05) is 24.3 Å². The van der Waals surface area contributed by atoms with E-state index in [-0.39, 0.29) is 11.6 Å². The lowest BCUT2D eigenvalue weighted by atomic mass is 10.1. The second-order valence-electron chi connectivity index (χ2n) is 6.29. The molecule has 0 aliphatic heterocycles. The zero-order chi connectivity index (χ0) is 21.1. The molecule has 0 saturated heterocycles. The van der Waals surface area contributed by atoms with Gasteiger partial charge in [-0.2, -0.15) is 0 Å². The highest BCUT2D eigenvalue weighted by Gasteiger charge is 2.12. The number of hydrogen-bond acceptors (Lipinski definition) is 6. The number of aromatic nitrogens is 2. The van der Waals surface area contributed by atoms with E-state index in [1.165, 1.54) is 33.7 Å². The third-order valence-corrected chi connectivity index (χ3v) is 6.75. The first-order valence-electron chi connectivity index (χ1n) is 8.90. The molecule has 30 heavy (non-hydrogen) atoms. The van der Waals surface area contributed by atoms with Crippen LogP contribution in [0.1, 0.15) is 0 Å². The Morgan fingerprint density at radius 1 is 0.567 bits per heavy atom. The van der Waals surface area contributed by atoms with Crippen LogP contribution in [0.2, 0.25) is 0 Å². The molecule has 0 unspecified atom stereocenters. The van der Waals surface area contributed by atoms with Crippen molar-refractivity contribution in [1.82, 2.24) is 9.97 Å². The molecule has 0 bridgehead atoms. The van der Waals surface area contributed by atoms with Gasteiger partial charge in [0.2, 0.25) is 0 Å². The quantitative estimate of drug-likeness (QED) is 0.369. The van der Waals surface area contributed by atoms with Gasteiger partial charge in [0, 0.05) is 11.1 Å². The normalized spacial score (nSPS) is 10.9. The Morgan fingerprint density at radius 2 is 0.967 bits per heavy atom. The first-order valence-corrected chi connectivity index (χ1v) is 11.1. The van der Waals surface area contributed by atoms with E-state index in [0.717, 1.165) is 9.79 Å². The molecule has 2 heterocycles. The summed E-state index contributed by atoms with van der Waals surface area (Å²) in [5.41, 5.74) is 13.9. The predicted molar refractivity (Wildman–Crippen MR) is 120 cm³/mol. The smallest absolute Gasteiger partial charge is 0.138 e. The van der Waals surface area contributed by atoms with Gasteiger partial charge in [0.05, 0.1) is 21.2 Å². The fourth-order valence-electron chi connectivity index (χ4n) is 2.79. The molecule has 0 radical (unpaired) electrons. The molecule has 4 aromatic rings. The molecule has 4 rings (SSSR count). The van der Waals surface area contributed by atoms with E-state index in [2.05, 4.69) is 9.97 Å². The molecule has 0 spiro atoms. The number of nitrogens with two attached hydrogens (primary N) is 2. The van der Waals surface area contributed by atoms with Crippen molar-refractivity contribution in [2.75, 3.05) is 11.5 Å². The summed E-state index contributed by atoms with van der Waals surface area (Å²) < 4.78 is 27.9. The Kier molecular flexibility index (Phi) is 5.87. The first kappa shape index (κ1) is 20.2. The molecule has 2 aromatic heterocycles. The van der Waals surface area contributed by atoms with Crippen molar-refractivity contribution in [3.05, 3.63) is 84.4 Å². The largest absolute Gasteiger partial charge is 0.383 e. The van der Waals surface area contributed by atoms with E-state index in [1.807, 2.05) is 0 Å². The molecule has 0 saturated carbocycles.